The molecule has 0 bridgehead atoms. The number of nitrogens with zero attached hydrogens (tertiary/aromatic N) is 5. The van der Waals surface area contributed by atoms with Crippen LogP contribution in [0.25, 0.3) is 11.3 Å². The normalized spacial score (nSPS) is 17.0. The summed E-state index contributed by atoms with van der Waals surface area (Å²) in [6.45, 7) is 3.10. The Labute approximate surface area is 154 Å². The average molecular weight is 347 g/mol. The molecule has 0 aliphatic carbocycles. The van der Waals surface area contributed by atoms with Crippen LogP contribution in [0.15, 0.2) is 48.9 Å². The van der Waals surface area contributed by atoms with Crippen LogP contribution in [-0.2, 0) is 13.5 Å². The summed E-state index contributed by atoms with van der Waals surface area (Å²) in [5.74, 6) is 0.852. The lowest BCUT2D eigenvalue weighted by molar-refractivity contribution is 0.601. The Morgan fingerprint density at radius 2 is 2.00 bits per heavy atom. The fraction of sp³-hybridized carbons (Fsp3) is 0.381. The molecule has 0 N–H and O–H groups in total. The highest BCUT2D eigenvalue weighted by Gasteiger charge is 2.27. The highest BCUT2D eigenvalue weighted by Crippen LogP contribution is 2.28. The SMILES string of the molecule is Cc1cnc(N2CCCC2CCc2ccccc2)nc1-c1cnn(C)c1. The Kier molecular flexibility index (Phi) is 4.69. The number of anilines is 1. The predicted molar refractivity (Wildman–Crippen MR) is 104 cm³/mol. The Hall–Kier alpha value is -2.69. The van der Waals surface area contributed by atoms with E-state index in [9.17, 15) is 0 Å². The molecule has 1 fully saturated rings. The summed E-state index contributed by atoms with van der Waals surface area (Å²) in [7, 11) is 1.93. The second kappa shape index (κ2) is 7.28. The lowest BCUT2D eigenvalue weighted by Gasteiger charge is -2.25. The summed E-state index contributed by atoms with van der Waals surface area (Å²) in [4.78, 5) is 11.9. The molecule has 5 nitrogen and oxygen atoms in total. The molecule has 134 valence electrons. The van der Waals surface area contributed by atoms with Crippen molar-refractivity contribution in [3.05, 3.63) is 60.0 Å². The van der Waals surface area contributed by atoms with Gasteiger partial charge in [0.2, 0.25) is 5.95 Å². The topological polar surface area (TPSA) is 46.8 Å². The maximum atomic E-state index is 4.90. The van der Waals surface area contributed by atoms with Gasteiger partial charge in [-0.3, -0.25) is 4.68 Å². The van der Waals surface area contributed by atoms with Crippen molar-refractivity contribution in [1.82, 2.24) is 19.7 Å². The van der Waals surface area contributed by atoms with Crippen LogP contribution in [-0.4, -0.2) is 32.3 Å². The van der Waals surface area contributed by atoms with Crippen LogP contribution in [0.4, 0.5) is 5.95 Å². The van der Waals surface area contributed by atoms with E-state index in [1.165, 1.54) is 18.4 Å². The molecule has 2 aromatic heterocycles. The largest absolute Gasteiger partial charge is 0.338 e. The third-order valence-corrected chi connectivity index (χ3v) is 5.18. The van der Waals surface area contributed by atoms with Gasteiger partial charge in [-0.25, -0.2) is 9.97 Å². The Morgan fingerprint density at radius 1 is 1.15 bits per heavy atom. The molecule has 0 saturated carbocycles. The van der Waals surface area contributed by atoms with Crippen LogP contribution in [0.3, 0.4) is 0 Å². The Balaban J connectivity index is 1.54. The first kappa shape index (κ1) is 16.8. The lowest BCUT2D eigenvalue weighted by atomic mass is 10.0. The van der Waals surface area contributed by atoms with Crippen LogP contribution in [0.2, 0.25) is 0 Å². The van der Waals surface area contributed by atoms with Gasteiger partial charge >= 0.3 is 0 Å². The van der Waals surface area contributed by atoms with E-state index in [-0.39, 0.29) is 0 Å². The molecule has 1 atom stereocenters. The van der Waals surface area contributed by atoms with Crippen molar-refractivity contribution in [3.8, 4) is 11.3 Å². The summed E-state index contributed by atoms with van der Waals surface area (Å²) < 4.78 is 1.81. The Morgan fingerprint density at radius 3 is 2.77 bits per heavy atom. The Bertz CT molecular complexity index is 871. The molecule has 0 radical (unpaired) electrons. The van der Waals surface area contributed by atoms with Crippen molar-refractivity contribution in [1.29, 1.82) is 0 Å². The van der Waals surface area contributed by atoms with Crippen LogP contribution in [0, 0.1) is 6.92 Å². The van der Waals surface area contributed by atoms with E-state index in [1.54, 1.807) is 0 Å². The quantitative estimate of drug-likeness (QED) is 0.704. The van der Waals surface area contributed by atoms with Crippen molar-refractivity contribution >= 4 is 5.95 Å². The summed E-state index contributed by atoms with van der Waals surface area (Å²) in [6, 6.07) is 11.2. The van der Waals surface area contributed by atoms with Gasteiger partial charge in [0, 0.05) is 37.6 Å². The van der Waals surface area contributed by atoms with Crippen LogP contribution >= 0.6 is 0 Å². The van der Waals surface area contributed by atoms with Gasteiger partial charge in [0.15, 0.2) is 0 Å². The first-order valence-corrected chi connectivity index (χ1v) is 9.34. The summed E-state index contributed by atoms with van der Waals surface area (Å²) in [5, 5.41) is 4.28. The predicted octanol–water partition coefficient (Wildman–Crippen LogP) is 3.79. The van der Waals surface area contributed by atoms with Gasteiger partial charge in [0.25, 0.3) is 0 Å². The molecular weight excluding hydrogens is 322 g/mol. The minimum Gasteiger partial charge on any atom is -0.338 e. The standard InChI is InChI=1S/C21H25N5/c1-16-13-22-21(24-20(16)18-14-23-25(2)15-18)26-12-6-9-19(26)11-10-17-7-4-3-5-8-17/h3-5,7-8,13-15,19H,6,9-12H2,1-2H3. The van der Waals surface area contributed by atoms with E-state index < -0.39 is 0 Å². The minimum atomic E-state index is 0.514. The van der Waals surface area contributed by atoms with Gasteiger partial charge in [-0.2, -0.15) is 5.10 Å². The van der Waals surface area contributed by atoms with E-state index >= 15 is 0 Å². The molecule has 1 saturated heterocycles. The molecule has 26 heavy (non-hydrogen) atoms. The molecule has 3 heterocycles. The zero-order valence-corrected chi connectivity index (χ0v) is 15.5. The van der Waals surface area contributed by atoms with Crippen molar-refractivity contribution in [2.45, 2.75) is 38.6 Å². The fourth-order valence-corrected chi connectivity index (χ4v) is 3.78. The summed E-state index contributed by atoms with van der Waals surface area (Å²) in [5.41, 5.74) is 4.52. The highest BCUT2D eigenvalue weighted by atomic mass is 15.3. The average Bonchev–Trinajstić information content (AvgIpc) is 3.30. The first-order chi connectivity index (χ1) is 12.7. The highest BCUT2D eigenvalue weighted by molar-refractivity contribution is 5.62. The van der Waals surface area contributed by atoms with Crippen LogP contribution in [0.1, 0.15) is 30.4 Å². The lowest BCUT2D eigenvalue weighted by Crippen LogP contribution is -2.31. The summed E-state index contributed by atoms with van der Waals surface area (Å²) >= 11 is 0. The smallest absolute Gasteiger partial charge is 0.226 e. The number of hydrogen-bond acceptors (Lipinski definition) is 4. The molecule has 3 aromatic rings. The van der Waals surface area contributed by atoms with Crippen molar-refractivity contribution in [2.75, 3.05) is 11.4 Å². The zero-order valence-electron chi connectivity index (χ0n) is 15.5. The van der Waals surface area contributed by atoms with E-state index in [2.05, 4.69) is 52.2 Å². The van der Waals surface area contributed by atoms with Crippen molar-refractivity contribution in [3.63, 3.8) is 0 Å². The second-order valence-corrected chi connectivity index (χ2v) is 7.12. The number of rotatable bonds is 5. The van der Waals surface area contributed by atoms with E-state index in [0.29, 0.717) is 6.04 Å². The van der Waals surface area contributed by atoms with Gasteiger partial charge < -0.3 is 4.90 Å². The second-order valence-electron chi connectivity index (χ2n) is 7.12. The minimum absolute atomic E-state index is 0.514. The molecule has 5 heteroatoms. The monoisotopic (exact) mass is 347 g/mol. The first-order valence-electron chi connectivity index (χ1n) is 9.34. The van der Waals surface area contributed by atoms with E-state index in [1.807, 2.05) is 30.3 Å². The van der Waals surface area contributed by atoms with Crippen LogP contribution in [0.5, 0.6) is 0 Å². The third kappa shape index (κ3) is 3.47. The maximum absolute atomic E-state index is 4.90. The maximum Gasteiger partial charge on any atom is 0.226 e. The van der Waals surface area contributed by atoms with Gasteiger partial charge in [0.1, 0.15) is 0 Å². The van der Waals surface area contributed by atoms with E-state index in [4.69, 9.17) is 4.98 Å². The van der Waals surface area contributed by atoms with Gasteiger partial charge in [-0.15, -0.1) is 0 Å². The van der Waals surface area contributed by atoms with E-state index in [0.717, 1.165) is 42.2 Å². The van der Waals surface area contributed by atoms with Crippen molar-refractivity contribution < 1.29 is 0 Å². The third-order valence-electron chi connectivity index (χ3n) is 5.18. The molecule has 4 rings (SSSR count). The molecule has 1 aliphatic rings. The van der Waals surface area contributed by atoms with Gasteiger partial charge in [0.05, 0.1) is 11.9 Å². The zero-order chi connectivity index (χ0) is 17.9. The van der Waals surface area contributed by atoms with Crippen LogP contribution < -0.4 is 4.90 Å². The van der Waals surface area contributed by atoms with Gasteiger partial charge in [-0.1, -0.05) is 30.3 Å². The number of aryl methyl sites for hydroxylation is 3. The van der Waals surface area contributed by atoms with Crippen molar-refractivity contribution in [2.24, 2.45) is 7.05 Å². The fourth-order valence-electron chi connectivity index (χ4n) is 3.78. The number of benzene rings is 1. The molecule has 0 amide bonds. The number of hydrogen-bond donors (Lipinski definition) is 0. The molecule has 1 aliphatic heterocycles. The molecule has 1 unspecified atom stereocenters. The molecule has 1 aromatic carbocycles. The number of aromatic nitrogens is 4. The summed E-state index contributed by atoms with van der Waals surface area (Å²) in [6.07, 6.45) is 10.5. The molecule has 0 spiro atoms. The van der Waals surface area contributed by atoms with Gasteiger partial charge in [-0.05, 0) is 43.7 Å². The molecular formula is C21H25N5.